The normalized spacial score (nSPS) is 28.1. The number of aliphatic hydroxyl groups is 1. The molecule has 0 aromatic heterocycles. The number of fused-ring (bicyclic) bond motifs is 1. The van der Waals surface area contributed by atoms with Crippen LogP contribution < -0.4 is 10.6 Å². The molecule has 1 unspecified atom stereocenters. The average molecular weight is 485 g/mol. The Morgan fingerprint density at radius 2 is 1.86 bits per heavy atom. The van der Waals surface area contributed by atoms with Crippen molar-refractivity contribution in [1.29, 1.82) is 0 Å². The molecule has 1 saturated carbocycles. The monoisotopic (exact) mass is 484 g/mol. The Morgan fingerprint density at radius 3 is 2.67 bits per heavy atom. The number of allylic oxidation sites excluding steroid dienone is 2. The quantitative estimate of drug-likeness (QED) is 0.460. The van der Waals surface area contributed by atoms with Gasteiger partial charge in [-0.05, 0) is 55.4 Å². The van der Waals surface area contributed by atoms with Crippen LogP contribution in [0.5, 0.6) is 5.75 Å². The summed E-state index contributed by atoms with van der Waals surface area (Å²) in [4.78, 5) is 12.0. The Kier molecular flexibility index (Phi) is 6.31. The zero-order valence-corrected chi connectivity index (χ0v) is 20.5. The van der Waals surface area contributed by atoms with Crippen molar-refractivity contribution in [1.82, 2.24) is 4.90 Å². The number of amidine groups is 1. The van der Waals surface area contributed by atoms with Crippen LogP contribution in [-0.2, 0) is 6.61 Å². The van der Waals surface area contributed by atoms with E-state index in [1.165, 1.54) is 0 Å². The molecule has 3 aliphatic heterocycles. The lowest BCUT2D eigenvalue weighted by Crippen LogP contribution is -2.53. The summed E-state index contributed by atoms with van der Waals surface area (Å²) in [5, 5.41) is 9.78. The van der Waals surface area contributed by atoms with Crippen LogP contribution in [0.3, 0.4) is 0 Å². The number of nitrogens with two attached hydrogens (primary N) is 1. The van der Waals surface area contributed by atoms with Crippen LogP contribution in [0.25, 0.3) is 0 Å². The van der Waals surface area contributed by atoms with Crippen LogP contribution in [0.2, 0.25) is 0 Å². The molecule has 36 heavy (non-hydrogen) atoms. The van der Waals surface area contributed by atoms with Crippen LogP contribution in [0.15, 0.2) is 88.4 Å². The second-order valence-corrected chi connectivity index (χ2v) is 10.4. The Balaban J connectivity index is 1.17. The standard InChI is InChI=1S/C29H34N5O2/c30-34-14-11-31-18-27(34)28(24-15-22(16-24)19-33-12-9-25(35)10-13-33)32-29(34)23-7-4-8-26(17-23)36-20-21-5-2-1-3-6-21/h1-8,11,14,17-18,22,24-25,35H,9-10,12-13,15-16,19-20,30H2/q+1. The molecule has 3 heterocycles. The summed E-state index contributed by atoms with van der Waals surface area (Å²) in [5.41, 5.74) is 4.12. The number of nitrogens with zero attached hydrogens (tertiary/aromatic N) is 4. The number of quaternary nitrogens is 1. The molecule has 6 rings (SSSR count). The number of piperidine rings is 1. The summed E-state index contributed by atoms with van der Waals surface area (Å²) < 4.78 is 6.13. The van der Waals surface area contributed by atoms with Crippen molar-refractivity contribution >= 4 is 12.1 Å². The third-order valence-electron chi connectivity index (χ3n) is 7.86. The number of hydrogen-bond acceptors (Lipinski definition) is 6. The third kappa shape index (κ3) is 4.55. The van der Waals surface area contributed by atoms with Crippen molar-refractivity contribution in [3.05, 3.63) is 89.5 Å². The highest BCUT2D eigenvalue weighted by atomic mass is 16.5. The van der Waals surface area contributed by atoms with E-state index in [4.69, 9.17) is 15.6 Å². The van der Waals surface area contributed by atoms with Gasteiger partial charge in [-0.25, -0.2) is 0 Å². The van der Waals surface area contributed by atoms with Gasteiger partial charge in [0, 0.05) is 25.6 Å². The van der Waals surface area contributed by atoms with Gasteiger partial charge in [-0.3, -0.25) is 4.99 Å². The van der Waals surface area contributed by atoms with Gasteiger partial charge in [0.25, 0.3) is 5.84 Å². The van der Waals surface area contributed by atoms with Crippen molar-refractivity contribution in [3.8, 4) is 5.75 Å². The average Bonchev–Trinajstić information content (AvgIpc) is 3.19. The molecule has 186 valence electrons. The number of ether oxygens (including phenoxy) is 1. The molecular weight excluding hydrogens is 450 g/mol. The lowest BCUT2D eigenvalue weighted by atomic mass is 9.72. The third-order valence-corrected chi connectivity index (χ3v) is 7.86. The topological polar surface area (TPSA) is 83.4 Å². The van der Waals surface area contributed by atoms with Gasteiger partial charge >= 0.3 is 0 Å². The minimum atomic E-state index is -0.120. The van der Waals surface area contributed by atoms with Crippen molar-refractivity contribution in [2.24, 2.45) is 27.7 Å². The fourth-order valence-electron chi connectivity index (χ4n) is 5.75. The van der Waals surface area contributed by atoms with E-state index < -0.39 is 0 Å². The number of benzene rings is 2. The van der Waals surface area contributed by atoms with Gasteiger partial charge < -0.3 is 14.7 Å². The highest BCUT2D eigenvalue weighted by Crippen LogP contribution is 2.45. The van der Waals surface area contributed by atoms with E-state index in [9.17, 15) is 5.11 Å². The van der Waals surface area contributed by atoms with Crippen molar-refractivity contribution in [2.45, 2.75) is 38.4 Å². The van der Waals surface area contributed by atoms with Crippen molar-refractivity contribution < 1.29 is 14.4 Å². The number of aliphatic imine (C=N–C) groups is 2. The number of aliphatic hydroxyl groups excluding tert-OH is 1. The summed E-state index contributed by atoms with van der Waals surface area (Å²) in [5.74, 6) is 9.63. The van der Waals surface area contributed by atoms with Gasteiger partial charge in [-0.1, -0.05) is 36.4 Å². The molecule has 1 saturated heterocycles. The molecule has 0 amide bonds. The Hall–Kier alpha value is -3.10. The van der Waals surface area contributed by atoms with E-state index in [1.54, 1.807) is 6.20 Å². The molecule has 4 aliphatic rings. The Morgan fingerprint density at radius 1 is 1.06 bits per heavy atom. The van der Waals surface area contributed by atoms with Gasteiger partial charge in [0.2, 0.25) is 5.70 Å². The fourth-order valence-corrected chi connectivity index (χ4v) is 5.75. The maximum atomic E-state index is 9.78. The summed E-state index contributed by atoms with van der Waals surface area (Å²) in [6.07, 6.45) is 9.44. The summed E-state index contributed by atoms with van der Waals surface area (Å²) in [6, 6.07) is 18.2. The summed E-state index contributed by atoms with van der Waals surface area (Å²) >= 11 is 0. The first-order valence-corrected chi connectivity index (χ1v) is 13.0. The fraction of sp³-hybridized carbons (Fsp3) is 0.379. The number of rotatable bonds is 7. The smallest absolute Gasteiger partial charge is 0.265 e. The lowest BCUT2D eigenvalue weighted by Gasteiger charge is -2.40. The first-order chi connectivity index (χ1) is 17.6. The molecular formula is C29H34N5O2+. The minimum Gasteiger partial charge on any atom is -0.489 e. The van der Waals surface area contributed by atoms with E-state index in [2.05, 4.69) is 28.1 Å². The highest BCUT2D eigenvalue weighted by Gasteiger charge is 2.48. The van der Waals surface area contributed by atoms with Crippen molar-refractivity contribution in [2.75, 3.05) is 19.6 Å². The van der Waals surface area contributed by atoms with E-state index in [0.717, 1.165) is 79.4 Å². The molecule has 0 bridgehead atoms. The molecule has 0 spiro atoms. The molecule has 2 fully saturated rings. The Labute approximate surface area is 212 Å². The van der Waals surface area contributed by atoms with E-state index in [0.29, 0.717) is 18.4 Å². The molecule has 3 N–H and O–H groups in total. The molecule has 1 aliphatic carbocycles. The molecule has 7 heteroatoms. The summed E-state index contributed by atoms with van der Waals surface area (Å²) in [7, 11) is 0. The SMILES string of the molecule is N[N+]12C=CN=CC1=C(C1CC(CN3CCC(O)CC3)C1)N=C2c1cccc(OCc2ccccc2)c1. The molecule has 2 aromatic rings. The predicted octanol–water partition coefficient (Wildman–Crippen LogP) is 3.97. The zero-order chi connectivity index (χ0) is 24.5. The Bertz CT molecular complexity index is 1220. The molecule has 7 nitrogen and oxygen atoms in total. The predicted molar refractivity (Wildman–Crippen MR) is 141 cm³/mol. The van der Waals surface area contributed by atoms with Gasteiger partial charge in [-0.2, -0.15) is 10.8 Å². The van der Waals surface area contributed by atoms with E-state index in [-0.39, 0.29) is 10.7 Å². The minimum absolute atomic E-state index is 0.0478. The van der Waals surface area contributed by atoms with Crippen LogP contribution in [0.1, 0.15) is 36.8 Å². The maximum Gasteiger partial charge on any atom is 0.265 e. The van der Waals surface area contributed by atoms with Crippen LogP contribution in [0.4, 0.5) is 0 Å². The van der Waals surface area contributed by atoms with Gasteiger partial charge in [0.15, 0.2) is 0 Å². The molecule has 2 aromatic carbocycles. The highest BCUT2D eigenvalue weighted by molar-refractivity contribution is 6.00. The molecule has 1 atom stereocenters. The number of likely N-dealkylation sites (tertiary alicyclic amines) is 1. The largest absolute Gasteiger partial charge is 0.489 e. The molecule has 0 radical (unpaired) electrons. The maximum absolute atomic E-state index is 9.78. The van der Waals surface area contributed by atoms with Gasteiger partial charge in [-0.15, -0.1) is 4.59 Å². The van der Waals surface area contributed by atoms with Crippen LogP contribution in [0, 0.1) is 11.8 Å². The van der Waals surface area contributed by atoms with Crippen LogP contribution >= 0.6 is 0 Å². The van der Waals surface area contributed by atoms with Gasteiger partial charge in [0.1, 0.15) is 24.3 Å². The van der Waals surface area contributed by atoms with E-state index >= 15 is 0 Å². The second kappa shape index (κ2) is 9.75. The lowest BCUT2D eigenvalue weighted by molar-refractivity contribution is -0.750. The first-order valence-electron chi connectivity index (χ1n) is 13.0. The number of hydrogen-bond donors (Lipinski definition) is 2. The van der Waals surface area contributed by atoms with Gasteiger partial charge in [0.05, 0.1) is 24.1 Å². The van der Waals surface area contributed by atoms with Crippen LogP contribution in [-0.4, -0.2) is 52.4 Å². The van der Waals surface area contributed by atoms with E-state index in [1.807, 2.05) is 48.8 Å². The summed E-state index contributed by atoms with van der Waals surface area (Å²) in [6.45, 7) is 3.63. The van der Waals surface area contributed by atoms with Crippen molar-refractivity contribution in [3.63, 3.8) is 0 Å². The second-order valence-electron chi connectivity index (χ2n) is 10.4. The zero-order valence-electron chi connectivity index (χ0n) is 20.5. The first kappa shape index (κ1) is 23.3.